The maximum Gasteiger partial charge on any atom is 0.269 e. The van der Waals surface area contributed by atoms with E-state index < -0.39 is 11.8 Å². The minimum absolute atomic E-state index is 0.102. The Morgan fingerprint density at radius 3 is 1.43 bits per heavy atom. The number of nitrogens with zero attached hydrogens (tertiary/aromatic N) is 2. The first-order valence-corrected chi connectivity index (χ1v) is 16.7. The third kappa shape index (κ3) is 7.17. The number of fused-ring (bicyclic) bond motifs is 3. The predicted molar refractivity (Wildman–Crippen MR) is 176 cm³/mol. The lowest BCUT2D eigenvalue weighted by atomic mass is 10.0. The number of nitrogens with one attached hydrogen (secondary N) is 4. The number of para-hydroxylation sites is 2. The van der Waals surface area contributed by atoms with Crippen LogP contribution in [0.15, 0.2) is 93.6 Å². The second-order valence-corrected chi connectivity index (χ2v) is 13.8. The van der Waals surface area contributed by atoms with Gasteiger partial charge in [-0.2, -0.15) is 0 Å². The summed E-state index contributed by atoms with van der Waals surface area (Å²) >= 11 is 5.61. The maximum atomic E-state index is 12.6. The summed E-state index contributed by atoms with van der Waals surface area (Å²) in [5.41, 5.74) is 12.2. The van der Waals surface area contributed by atoms with E-state index in [0.717, 1.165) is 39.9 Å². The summed E-state index contributed by atoms with van der Waals surface area (Å²) in [6.07, 6.45) is 0. The molecule has 10 nitrogen and oxygen atoms in total. The van der Waals surface area contributed by atoms with Crippen molar-refractivity contribution in [1.82, 2.24) is 31.7 Å². The molecule has 0 bridgehead atoms. The topological polar surface area (TPSA) is 142 Å². The van der Waals surface area contributed by atoms with E-state index >= 15 is 0 Å². The molecule has 44 heavy (non-hydrogen) atoms. The third-order valence-corrected chi connectivity index (χ3v) is 10.6. The van der Waals surface area contributed by atoms with Crippen LogP contribution in [0.25, 0.3) is 31.2 Å². The fourth-order valence-corrected chi connectivity index (χ4v) is 7.81. The number of thioether (sulfide) groups is 2. The molecule has 0 spiro atoms. The number of aromatic nitrogens is 2. The lowest BCUT2D eigenvalue weighted by Gasteiger charge is -2.09. The maximum absolute atomic E-state index is 12.6. The summed E-state index contributed by atoms with van der Waals surface area (Å²) in [6.45, 7) is 0. The molecular formula is C30H22N6O4S4. The fraction of sp³-hybridized carbons (Fsp3) is 0.0667. The highest BCUT2D eigenvalue weighted by atomic mass is 32.2. The average molecular weight is 659 g/mol. The molecule has 6 rings (SSSR count). The Balaban J connectivity index is 0.967. The molecule has 14 heteroatoms. The zero-order valence-corrected chi connectivity index (χ0v) is 25.9. The number of thiazole rings is 2. The van der Waals surface area contributed by atoms with E-state index in [2.05, 4.69) is 31.7 Å². The Morgan fingerprint density at radius 2 is 1.00 bits per heavy atom. The van der Waals surface area contributed by atoms with Gasteiger partial charge in [-0.15, -0.1) is 22.7 Å². The fourth-order valence-electron chi connectivity index (χ4n) is 4.08. The van der Waals surface area contributed by atoms with Gasteiger partial charge >= 0.3 is 0 Å². The largest absolute Gasteiger partial charge is 0.272 e. The molecule has 0 atom stereocenters. The van der Waals surface area contributed by atoms with Gasteiger partial charge in [-0.25, -0.2) is 9.97 Å². The molecule has 0 aliphatic carbocycles. The number of benzene rings is 4. The highest BCUT2D eigenvalue weighted by Crippen LogP contribution is 2.30. The monoisotopic (exact) mass is 658 g/mol. The first-order valence-electron chi connectivity index (χ1n) is 13.1. The smallest absolute Gasteiger partial charge is 0.269 e. The highest BCUT2D eigenvalue weighted by Gasteiger charge is 2.13. The van der Waals surface area contributed by atoms with Gasteiger partial charge in [0.1, 0.15) is 0 Å². The summed E-state index contributed by atoms with van der Waals surface area (Å²) in [4.78, 5) is 58.8. The zero-order valence-electron chi connectivity index (χ0n) is 22.7. The quantitative estimate of drug-likeness (QED) is 0.130. The third-order valence-electron chi connectivity index (χ3n) is 6.20. The van der Waals surface area contributed by atoms with Crippen LogP contribution in [0.5, 0.6) is 0 Å². The first-order chi connectivity index (χ1) is 21.4. The van der Waals surface area contributed by atoms with Crippen LogP contribution in [0.4, 0.5) is 0 Å². The van der Waals surface area contributed by atoms with Crippen molar-refractivity contribution < 1.29 is 19.2 Å². The average Bonchev–Trinajstić information content (AvgIpc) is 3.67. The first kappa shape index (κ1) is 29.6. The SMILES string of the molecule is O=C(CSc1nc2ccccc2s1)NNC(=O)c1ccc2cc(C(=O)NNC(=O)CSc3nc4ccccc4s3)ccc2c1. The van der Waals surface area contributed by atoms with Gasteiger partial charge in [0, 0.05) is 11.1 Å². The molecule has 4 amide bonds. The van der Waals surface area contributed by atoms with Gasteiger partial charge in [-0.3, -0.25) is 40.9 Å². The molecule has 0 saturated carbocycles. The molecule has 0 saturated heterocycles. The van der Waals surface area contributed by atoms with Crippen LogP contribution in [0.2, 0.25) is 0 Å². The van der Waals surface area contributed by atoms with E-state index in [1.807, 2.05) is 48.5 Å². The molecule has 0 fully saturated rings. The van der Waals surface area contributed by atoms with Crippen LogP contribution in [0.1, 0.15) is 20.7 Å². The summed E-state index contributed by atoms with van der Waals surface area (Å²) in [7, 11) is 0. The van der Waals surface area contributed by atoms with E-state index in [1.165, 1.54) is 46.2 Å². The minimum atomic E-state index is -0.474. The molecule has 6 aromatic rings. The van der Waals surface area contributed by atoms with E-state index in [9.17, 15) is 19.2 Å². The van der Waals surface area contributed by atoms with E-state index in [4.69, 9.17) is 0 Å². The predicted octanol–water partition coefficient (Wildman–Crippen LogP) is 5.17. The second kappa shape index (κ2) is 13.4. The standard InChI is InChI=1S/C30H22N6O4S4/c37-25(15-41-29-31-21-5-1-3-7-23(21)43-29)33-35-27(39)19-11-9-18-14-20(12-10-17(18)13-19)28(40)36-34-26(38)16-42-30-32-22-6-2-4-8-24(22)44-30/h1-14H,15-16H2,(H,33,37)(H,34,38)(H,35,39)(H,36,40). The number of hydrazine groups is 2. The molecule has 0 aliphatic heterocycles. The van der Waals surface area contributed by atoms with Crippen molar-refractivity contribution >= 4 is 101 Å². The molecule has 2 heterocycles. The highest BCUT2D eigenvalue weighted by molar-refractivity contribution is 8.02. The van der Waals surface area contributed by atoms with E-state index in [-0.39, 0.29) is 23.3 Å². The molecule has 4 aromatic carbocycles. The summed E-state index contributed by atoms with van der Waals surface area (Å²) in [5.74, 6) is -1.46. The molecule has 0 unspecified atom stereocenters. The van der Waals surface area contributed by atoms with Gasteiger partial charge in [0.25, 0.3) is 11.8 Å². The van der Waals surface area contributed by atoms with Crippen molar-refractivity contribution in [3.63, 3.8) is 0 Å². The Bertz CT molecular complexity index is 1830. The summed E-state index contributed by atoms with van der Waals surface area (Å²) < 4.78 is 3.65. The van der Waals surface area contributed by atoms with Gasteiger partial charge in [0.2, 0.25) is 11.8 Å². The summed E-state index contributed by atoms with van der Waals surface area (Å²) in [5, 5.41) is 1.45. The molecule has 220 valence electrons. The second-order valence-electron chi connectivity index (χ2n) is 9.25. The van der Waals surface area contributed by atoms with Gasteiger partial charge in [-0.05, 0) is 59.3 Å². The van der Waals surface area contributed by atoms with Gasteiger partial charge in [0.05, 0.1) is 31.9 Å². The Hall–Kier alpha value is -4.50. The number of amides is 4. The van der Waals surface area contributed by atoms with Crippen LogP contribution >= 0.6 is 46.2 Å². The summed E-state index contributed by atoms with van der Waals surface area (Å²) in [6, 6.07) is 25.4. The Kier molecular flexibility index (Phi) is 9.02. The minimum Gasteiger partial charge on any atom is -0.272 e. The van der Waals surface area contributed by atoms with Gasteiger partial charge in [-0.1, -0.05) is 59.9 Å². The Morgan fingerprint density at radius 1 is 0.568 bits per heavy atom. The molecule has 2 aromatic heterocycles. The van der Waals surface area contributed by atoms with Crippen molar-refractivity contribution in [3.05, 3.63) is 96.1 Å². The molecule has 0 aliphatic rings. The van der Waals surface area contributed by atoms with Crippen LogP contribution < -0.4 is 21.7 Å². The van der Waals surface area contributed by atoms with Crippen LogP contribution in [0.3, 0.4) is 0 Å². The molecular weight excluding hydrogens is 637 g/mol. The molecule has 0 radical (unpaired) electrons. The van der Waals surface area contributed by atoms with Crippen molar-refractivity contribution in [2.75, 3.05) is 11.5 Å². The van der Waals surface area contributed by atoms with Crippen molar-refractivity contribution in [1.29, 1.82) is 0 Å². The number of carbonyl (C=O) groups excluding carboxylic acids is 4. The number of hydrogen-bond acceptors (Lipinski definition) is 10. The number of hydrogen-bond donors (Lipinski definition) is 4. The zero-order chi connectivity index (χ0) is 30.5. The number of carbonyl (C=O) groups is 4. The van der Waals surface area contributed by atoms with Gasteiger partial charge < -0.3 is 0 Å². The molecule has 4 N–H and O–H groups in total. The van der Waals surface area contributed by atoms with E-state index in [0.29, 0.717) is 11.1 Å². The van der Waals surface area contributed by atoms with Crippen LogP contribution in [0, 0.1) is 0 Å². The normalized spacial score (nSPS) is 11.0. The lowest BCUT2D eigenvalue weighted by Crippen LogP contribution is -2.42. The Labute approximate surface area is 267 Å². The lowest BCUT2D eigenvalue weighted by molar-refractivity contribution is -0.120. The van der Waals surface area contributed by atoms with Crippen LogP contribution in [-0.4, -0.2) is 45.1 Å². The van der Waals surface area contributed by atoms with E-state index in [1.54, 1.807) is 36.4 Å². The van der Waals surface area contributed by atoms with Crippen molar-refractivity contribution in [2.24, 2.45) is 0 Å². The van der Waals surface area contributed by atoms with Crippen molar-refractivity contribution in [2.45, 2.75) is 8.68 Å². The van der Waals surface area contributed by atoms with Gasteiger partial charge in [0.15, 0.2) is 8.68 Å². The van der Waals surface area contributed by atoms with Crippen molar-refractivity contribution in [3.8, 4) is 0 Å². The number of rotatable bonds is 8. The van der Waals surface area contributed by atoms with Crippen LogP contribution in [-0.2, 0) is 9.59 Å².